The second-order valence-electron chi connectivity index (χ2n) is 3.16. The molecule has 0 bridgehead atoms. The Morgan fingerprint density at radius 3 is 2.67 bits per heavy atom. The van der Waals surface area contributed by atoms with E-state index in [1.807, 2.05) is 17.8 Å². The third-order valence-electron chi connectivity index (χ3n) is 1.99. The molecule has 15 heavy (non-hydrogen) atoms. The van der Waals surface area contributed by atoms with Gasteiger partial charge < -0.3 is 5.32 Å². The summed E-state index contributed by atoms with van der Waals surface area (Å²) in [6, 6.07) is 8.78. The predicted molar refractivity (Wildman–Crippen MR) is 72.5 cm³/mol. The van der Waals surface area contributed by atoms with Crippen molar-refractivity contribution >= 4 is 27.7 Å². The topological polar surface area (TPSA) is 12.0 Å². The van der Waals surface area contributed by atoms with Crippen molar-refractivity contribution in [3.63, 3.8) is 0 Å². The van der Waals surface area contributed by atoms with E-state index in [1.165, 1.54) is 4.90 Å². The van der Waals surface area contributed by atoms with Crippen LogP contribution in [0.15, 0.2) is 46.3 Å². The smallest absolute Gasteiger partial charge is 0.0341 e. The van der Waals surface area contributed by atoms with Gasteiger partial charge in [0.25, 0.3) is 0 Å². The molecule has 1 unspecified atom stereocenters. The van der Waals surface area contributed by atoms with Crippen molar-refractivity contribution < 1.29 is 0 Å². The molecule has 1 nitrogen and oxygen atoms in total. The highest BCUT2D eigenvalue weighted by atomic mass is 79.9. The quantitative estimate of drug-likeness (QED) is 0.632. The minimum absolute atomic E-state index is 0.392. The number of benzene rings is 1. The molecule has 0 aliphatic carbocycles. The first-order valence-corrected chi connectivity index (χ1v) is 6.78. The summed E-state index contributed by atoms with van der Waals surface area (Å²) in [4.78, 5) is 1.29. The zero-order valence-electron chi connectivity index (χ0n) is 8.87. The Hall–Kier alpha value is -0.250. The first kappa shape index (κ1) is 12.8. The van der Waals surface area contributed by atoms with Gasteiger partial charge in [-0.25, -0.2) is 0 Å². The van der Waals surface area contributed by atoms with Crippen LogP contribution in [0.3, 0.4) is 0 Å². The molecule has 0 heterocycles. The van der Waals surface area contributed by atoms with E-state index in [-0.39, 0.29) is 0 Å². The maximum Gasteiger partial charge on any atom is 0.0341 e. The van der Waals surface area contributed by atoms with E-state index in [9.17, 15) is 0 Å². The van der Waals surface area contributed by atoms with Gasteiger partial charge in [-0.3, -0.25) is 0 Å². The maximum atomic E-state index is 3.82. The van der Waals surface area contributed by atoms with Crippen LogP contribution in [-0.2, 0) is 0 Å². The summed E-state index contributed by atoms with van der Waals surface area (Å²) in [5, 5.41) is 3.37. The number of rotatable bonds is 6. The Kier molecular flexibility index (Phi) is 6.06. The SMILES string of the molecule is C=CC(CSc1ccc(Br)cc1)NCC. The Morgan fingerprint density at radius 1 is 1.47 bits per heavy atom. The molecule has 0 amide bonds. The molecule has 0 aliphatic rings. The van der Waals surface area contributed by atoms with Gasteiger partial charge in [-0.2, -0.15) is 0 Å². The number of hydrogen-bond donors (Lipinski definition) is 1. The van der Waals surface area contributed by atoms with Gasteiger partial charge in [0.05, 0.1) is 0 Å². The van der Waals surface area contributed by atoms with Crippen molar-refractivity contribution in [1.29, 1.82) is 0 Å². The van der Waals surface area contributed by atoms with Gasteiger partial charge in [0, 0.05) is 21.2 Å². The molecule has 1 atom stereocenters. The van der Waals surface area contributed by atoms with Crippen molar-refractivity contribution in [2.24, 2.45) is 0 Å². The van der Waals surface area contributed by atoms with E-state index in [1.54, 1.807) is 0 Å². The highest BCUT2D eigenvalue weighted by Gasteiger charge is 2.02. The summed E-state index contributed by atoms with van der Waals surface area (Å²) in [5.41, 5.74) is 0. The van der Waals surface area contributed by atoms with Crippen molar-refractivity contribution in [1.82, 2.24) is 5.32 Å². The second-order valence-corrected chi connectivity index (χ2v) is 5.17. The Labute approximate surface area is 104 Å². The lowest BCUT2D eigenvalue weighted by Crippen LogP contribution is -2.28. The van der Waals surface area contributed by atoms with Crippen LogP contribution in [0.1, 0.15) is 6.92 Å². The van der Waals surface area contributed by atoms with Crippen molar-refractivity contribution in [2.75, 3.05) is 12.3 Å². The van der Waals surface area contributed by atoms with Crippen LogP contribution in [0.25, 0.3) is 0 Å². The zero-order chi connectivity index (χ0) is 11.1. The Bertz CT molecular complexity index is 297. The maximum absolute atomic E-state index is 3.82. The first-order valence-electron chi connectivity index (χ1n) is 5.00. The van der Waals surface area contributed by atoms with Crippen LogP contribution in [0.5, 0.6) is 0 Å². The monoisotopic (exact) mass is 285 g/mol. The molecular formula is C12H16BrNS. The van der Waals surface area contributed by atoms with Gasteiger partial charge in [-0.05, 0) is 30.8 Å². The molecule has 1 aromatic rings. The molecule has 1 N–H and O–H groups in total. The molecule has 82 valence electrons. The lowest BCUT2D eigenvalue weighted by atomic mass is 10.3. The van der Waals surface area contributed by atoms with Crippen LogP contribution < -0.4 is 5.32 Å². The average molecular weight is 286 g/mol. The summed E-state index contributed by atoms with van der Waals surface area (Å²) in [6.45, 7) is 6.92. The van der Waals surface area contributed by atoms with E-state index in [0.29, 0.717) is 6.04 Å². The number of likely N-dealkylation sites (N-methyl/N-ethyl adjacent to an activating group) is 1. The third-order valence-corrected chi connectivity index (χ3v) is 3.65. The molecule has 0 radical (unpaired) electrons. The minimum Gasteiger partial charge on any atom is -0.310 e. The number of hydrogen-bond acceptors (Lipinski definition) is 2. The van der Waals surface area contributed by atoms with Crippen LogP contribution in [0.4, 0.5) is 0 Å². The molecule has 1 rings (SSSR count). The molecular weight excluding hydrogens is 270 g/mol. The van der Waals surface area contributed by atoms with Crippen LogP contribution >= 0.6 is 27.7 Å². The van der Waals surface area contributed by atoms with E-state index in [4.69, 9.17) is 0 Å². The van der Waals surface area contributed by atoms with Gasteiger partial charge in [-0.15, -0.1) is 18.3 Å². The van der Waals surface area contributed by atoms with Gasteiger partial charge in [0.15, 0.2) is 0 Å². The van der Waals surface area contributed by atoms with Crippen LogP contribution in [0, 0.1) is 0 Å². The number of nitrogens with one attached hydrogen (secondary N) is 1. The molecule has 0 aromatic heterocycles. The van der Waals surface area contributed by atoms with Gasteiger partial charge in [-0.1, -0.05) is 28.9 Å². The molecule has 0 saturated carbocycles. The summed E-state index contributed by atoms with van der Waals surface area (Å²) >= 11 is 5.27. The van der Waals surface area contributed by atoms with Crippen molar-refractivity contribution in [3.05, 3.63) is 41.4 Å². The van der Waals surface area contributed by atoms with E-state index >= 15 is 0 Å². The first-order chi connectivity index (χ1) is 7.26. The third kappa shape index (κ3) is 4.87. The fourth-order valence-electron chi connectivity index (χ4n) is 1.19. The number of thioether (sulfide) groups is 1. The molecule has 1 aromatic carbocycles. The summed E-state index contributed by atoms with van der Waals surface area (Å²) < 4.78 is 1.12. The minimum atomic E-state index is 0.392. The normalized spacial score (nSPS) is 12.4. The lowest BCUT2D eigenvalue weighted by Gasteiger charge is -2.12. The van der Waals surface area contributed by atoms with Crippen LogP contribution in [-0.4, -0.2) is 18.3 Å². The largest absolute Gasteiger partial charge is 0.310 e. The number of halogens is 1. The zero-order valence-corrected chi connectivity index (χ0v) is 11.3. The van der Waals surface area contributed by atoms with Gasteiger partial charge in [0.2, 0.25) is 0 Å². The molecule has 0 aliphatic heterocycles. The highest BCUT2D eigenvalue weighted by molar-refractivity contribution is 9.10. The van der Waals surface area contributed by atoms with E-state index in [0.717, 1.165) is 16.8 Å². The predicted octanol–water partition coefficient (Wildman–Crippen LogP) is 3.71. The molecule has 3 heteroatoms. The second kappa shape index (κ2) is 7.09. The molecule has 0 fully saturated rings. The fourth-order valence-corrected chi connectivity index (χ4v) is 2.41. The summed E-state index contributed by atoms with van der Waals surface area (Å²) in [6.07, 6.45) is 1.97. The fraction of sp³-hybridized carbons (Fsp3) is 0.333. The van der Waals surface area contributed by atoms with Crippen molar-refractivity contribution in [3.8, 4) is 0 Å². The van der Waals surface area contributed by atoms with Gasteiger partial charge in [0.1, 0.15) is 0 Å². The van der Waals surface area contributed by atoms with Crippen LogP contribution in [0.2, 0.25) is 0 Å². The Balaban J connectivity index is 2.41. The van der Waals surface area contributed by atoms with E-state index in [2.05, 4.69) is 59.0 Å². The van der Waals surface area contributed by atoms with Gasteiger partial charge >= 0.3 is 0 Å². The summed E-state index contributed by atoms with van der Waals surface area (Å²) in [7, 11) is 0. The highest BCUT2D eigenvalue weighted by Crippen LogP contribution is 2.21. The van der Waals surface area contributed by atoms with E-state index < -0.39 is 0 Å². The molecule has 0 spiro atoms. The standard InChI is InChI=1S/C12H16BrNS/c1-3-11(14-4-2)9-15-12-7-5-10(13)6-8-12/h3,5-8,11,14H,1,4,9H2,2H3. The average Bonchev–Trinajstić information content (AvgIpc) is 2.26. The molecule has 0 saturated heterocycles. The Morgan fingerprint density at radius 2 is 2.13 bits per heavy atom. The lowest BCUT2D eigenvalue weighted by molar-refractivity contribution is 0.669. The van der Waals surface area contributed by atoms with Crippen molar-refractivity contribution in [2.45, 2.75) is 17.9 Å². The summed E-state index contributed by atoms with van der Waals surface area (Å²) in [5.74, 6) is 1.03.